The molecule has 15 nitrogen and oxygen atoms in total. The molecule has 0 radical (unpaired) electrons. The lowest BCUT2D eigenvalue weighted by atomic mass is 10.4. The molecule has 0 aliphatic rings. The first-order valence-corrected chi connectivity index (χ1v) is 11.9. The second-order valence-corrected chi connectivity index (χ2v) is 7.47. The SMILES string of the molecule is CCC(=O)OCc1ccc(C(=O)OC)o1.COC(=O)c1ccc(COC(C)=O)o1.COC(=O)c1ccc(COC=O)o1. The number of hydrogen-bond acceptors (Lipinski definition) is 15. The van der Waals surface area contributed by atoms with Gasteiger partial charge in [0.15, 0.2) is 0 Å². The molecule has 3 rings (SSSR count). The van der Waals surface area contributed by atoms with Gasteiger partial charge < -0.3 is 41.7 Å². The summed E-state index contributed by atoms with van der Waals surface area (Å²) in [4.78, 5) is 63.9. The highest BCUT2D eigenvalue weighted by atomic mass is 16.6. The van der Waals surface area contributed by atoms with Gasteiger partial charge in [0.2, 0.25) is 17.3 Å². The van der Waals surface area contributed by atoms with Crippen molar-refractivity contribution in [1.82, 2.24) is 0 Å². The van der Waals surface area contributed by atoms with Gasteiger partial charge in [-0.25, -0.2) is 14.4 Å². The Balaban J connectivity index is 0.000000316. The number of methoxy groups -OCH3 is 3. The van der Waals surface area contributed by atoms with Crippen molar-refractivity contribution in [3.8, 4) is 0 Å². The zero-order valence-corrected chi connectivity index (χ0v) is 23.5. The van der Waals surface area contributed by atoms with Crippen molar-refractivity contribution in [3.63, 3.8) is 0 Å². The maximum atomic E-state index is 11.0. The molecule has 0 aromatic carbocycles. The molecule has 0 unspecified atom stereocenters. The van der Waals surface area contributed by atoms with E-state index in [2.05, 4.69) is 23.7 Å². The molecule has 0 N–H and O–H groups in total. The van der Waals surface area contributed by atoms with E-state index in [0.717, 1.165) is 0 Å². The van der Waals surface area contributed by atoms with E-state index in [1.807, 2.05) is 0 Å². The molecule has 0 fully saturated rings. The Morgan fingerprint density at radius 2 is 1.02 bits per heavy atom. The lowest BCUT2D eigenvalue weighted by Gasteiger charge is -1.99. The molecule has 0 aliphatic heterocycles. The third kappa shape index (κ3) is 12.7. The van der Waals surface area contributed by atoms with Crippen LogP contribution in [0.4, 0.5) is 0 Å². The Hall–Kier alpha value is -5.34. The summed E-state index contributed by atoms with van der Waals surface area (Å²) in [6, 6.07) is 9.04. The number of ether oxygens (including phenoxy) is 6. The van der Waals surface area contributed by atoms with Crippen LogP contribution in [-0.4, -0.2) is 57.6 Å². The van der Waals surface area contributed by atoms with Crippen molar-refractivity contribution in [2.24, 2.45) is 0 Å². The van der Waals surface area contributed by atoms with Crippen LogP contribution in [0.1, 0.15) is 69.2 Å². The molecule has 3 heterocycles. The van der Waals surface area contributed by atoms with Crippen molar-refractivity contribution in [2.45, 2.75) is 40.1 Å². The van der Waals surface area contributed by atoms with Gasteiger partial charge in [0.05, 0.1) is 21.3 Å². The van der Waals surface area contributed by atoms with Gasteiger partial charge >= 0.3 is 29.8 Å². The van der Waals surface area contributed by atoms with Crippen LogP contribution in [-0.2, 0) is 62.6 Å². The summed E-state index contributed by atoms with van der Waals surface area (Å²) in [7, 11) is 3.78. The van der Waals surface area contributed by atoms with Gasteiger partial charge in [0.1, 0.15) is 37.1 Å². The van der Waals surface area contributed by atoms with Gasteiger partial charge in [0, 0.05) is 13.3 Å². The second-order valence-electron chi connectivity index (χ2n) is 7.47. The highest BCUT2D eigenvalue weighted by molar-refractivity contribution is 5.87. The Morgan fingerprint density at radius 1 is 0.643 bits per heavy atom. The monoisotopic (exact) mass is 594 g/mol. The summed E-state index contributed by atoms with van der Waals surface area (Å²) in [5.41, 5.74) is 0. The molecule has 0 amide bonds. The van der Waals surface area contributed by atoms with Gasteiger partial charge in [-0.3, -0.25) is 14.4 Å². The van der Waals surface area contributed by atoms with Crippen LogP contribution in [0.15, 0.2) is 49.6 Å². The molecule has 0 spiro atoms. The van der Waals surface area contributed by atoms with E-state index in [1.165, 1.54) is 52.5 Å². The molecule has 0 saturated heterocycles. The molecule has 0 bridgehead atoms. The smallest absolute Gasteiger partial charge is 0.373 e. The minimum absolute atomic E-state index is 0.0144. The quantitative estimate of drug-likeness (QED) is 0.178. The Labute approximate surface area is 239 Å². The fraction of sp³-hybridized carbons (Fsp3) is 0.333. The molecule has 3 aromatic rings. The molecule has 15 heteroatoms. The average molecular weight is 595 g/mol. The first-order chi connectivity index (χ1) is 20.1. The number of furan rings is 3. The van der Waals surface area contributed by atoms with E-state index >= 15 is 0 Å². The predicted octanol–water partition coefficient (Wildman–Crippen LogP) is 3.39. The highest BCUT2D eigenvalue weighted by Gasteiger charge is 2.13. The fourth-order valence-electron chi connectivity index (χ4n) is 2.54. The van der Waals surface area contributed by atoms with Crippen LogP contribution in [0.3, 0.4) is 0 Å². The molecule has 228 valence electrons. The minimum Gasteiger partial charge on any atom is -0.463 e. The topological polar surface area (TPSA) is 197 Å². The van der Waals surface area contributed by atoms with Gasteiger partial charge in [0.25, 0.3) is 6.47 Å². The van der Waals surface area contributed by atoms with E-state index in [0.29, 0.717) is 30.2 Å². The maximum Gasteiger partial charge on any atom is 0.373 e. The second kappa shape index (κ2) is 18.9. The largest absolute Gasteiger partial charge is 0.463 e. The normalized spacial score (nSPS) is 9.55. The van der Waals surface area contributed by atoms with E-state index in [9.17, 15) is 28.8 Å². The first-order valence-electron chi connectivity index (χ1n) is 11.9. The lowest BCUT2D eigenvalue weighted by Crippen LogP contribution is -2.02. The fourth-order valence-corrected chi connectivity index (χ4v) is 2.54. The summed E-state index contributed by atoms with van der Waals surface area (Å²) in [6.07, 6.45) is 0.310. The van der Waals surface area contributed by atoms with E-state index < -0.39 is 23.9 Å². The van der Waals surface area contributed by atoms with Crippen LogP contribution in [0.2, 0.25) is 0 Å². The summed E-state index contributed by atoms with van der Waals surface area (Å²) >= 11 is 0. The van der Waals surface area contributed by atoms with Gasteiger partial charge in [-0.2, -0.15) is 0 Å². The van der Waals surface area contributed by atoms with Crippen LogP contribution >= 0.6 is 0 Å². The van der Waals surface area contributed by atoms with Crippen LogP contribution in [0, 0.1) is 0 Å². The molecule has 42 heavy (non-hydrogen) atoms. The maximum absolute atomic E-state index is 11.0. The molecular weight excluding hydrogens is 564 g/mol. The Bertz CT molecular complexity index is 1310. The minimum atomic E-state index is -0.558. The number of hydrogen-bond donors (Lipinski definition) is 0. The van der Waals surface area contributed by atoms with Gasteiger partial charge in [-0.05, 0) is 36.4 Å². The van der Waals surface area contributed by atoms with E-state index in [-0.39, 0.29) is 43.1 Å². The number of esters is 5. The van der Waals surface area contributed by atoms with Crippen molar-refractivity contribution in [2.75, 3.05) is 21.3 Å². The zero-order chi connectivity index (χ0) is 31.5. The standard InChI is InChI=1S/C10H12O5.C9H10O5.C8H8O5/c1-3-9(11)14-6-7-4-5-8(15-7)10(12)13-2;1-6(10)13-5-7-3-4-8(14-7)9(11)12-2;1-11-8(10)7-3-2-6(13-7)4-12-5-9/h4-5H,3,6H2,1-2H3;3-4H,5H2,1-2H3;2-3,5H,4H2,1H3. The summed E-state index contributed by atoms with van der Waals surface area (Å²) < 4.78 is 42.3. The predicted molar refractivity (Wildman–Crippen MR) is 137 cm³/mol. The molecular formula is C27H30O15. The summed E-state index contributed by atoms with van der Waals surface area (Å²) in [6.45, 7) is 3.37. The van der Waals surface area contributed by atoms with Crippen LogP contribution in [0.25, 0.3) is 0 Å². The van der Waals surface area contributed by atoms with Crippen molar-refractivity contribution in [3.05, 3.63) is 71.0 Å². The summed E-state index contributed by atoms with van der Waals surface area (Å²) in [5.74, 6) is -0.890. The molecule has 0 saturated carbocycles. The van der Waals surface area contributed by atoms with Crippen molar-refractivity contribution >= 4 is 36.3 Å². The number of carbonyl (C=O) groups is 6. The molecule has 0 aliphatic carbocycles. The van der Waals surface area contributed by atoms with E-state index in [1.54, 1.807) is 19.1 Å². The van der Waals surface area contributed by atoms with Gasteiger partial charge in [-0.1, -0.05) is 6.92 Å². The third-order valence-corrected chi connectivity index (χ3v) is 4.52. The van der Waals surface area contributed by atoms with Crippen LogP contribution in [0.5, 0.6) is 0 Å². The first kappa shape index (κ1) is 34.7. The third-order valence-electron chi connectivity index (χ3n) is 4.52. The van der Waals surface area contributed by atoms with Crippen molar-refractivity contribution in [1.29, 1.82) is 0 Å². The van der Waals surface area contributed by atoms with Crippen LogP contribution < -0.4 is 0 Å². The number of rotatable bonds is 11. The highest BCUT2D eigenvalue weighted by Crippen LogP contribution is 2.12. The zero-order valence-electron chi connectivity index (χ0n) is 23.5. The summed E-state index contributed by atoms with van der Waals surface area (Å²) in [5, 5.41) is 0. The van der Waals surface area contributed by atoms with Crippen molar-refractivity contribution < 1.29 is 70.4 Å². The molecule has 0 atom stereocenters. The van der Waals surface area contributed by atoms with E-state index in [4.69, 9.17) is 18.0 Å². The Morgan fingerprint density at radius 3 is 1.36 bits per heavy atom. The average Bonchev–Trinajstić information content (AvgIpc) is 3.78. The Kier molecular flexibility index (Phi) is 15.6. The van der Waals surface area contributed by atoms with Gasteiger partial charge in [-0.15, -0.1) is 0 Å². The number of carbonyl (C=O) groups excluding carboxylic acids is 6. The molecule has 3 aromatic heterocycles. The lowest BCUT2D eigenvalue weighted by molar-refractivity contribution is -0.145.